The normalized spacial score (nSPS) is 21.7. The topological polar surface area (TPSA) is 29.3 Å². The number of hydrogen-bond acceptors (Lipinski definition) is 2. The molecule has 0 amide bonds. The van der Waals surface area contributed by atoms with Crippen LogP contribution in [0, 0.1) is 19.8 Å². The van der Waals surface area contributed by atoms with E-state index < -0.39 is 0 Å². The maximum Gasteiger partial charge on any atom is 0.0176 e. The van der Waals surface area contributed by atoms with E-state index in [1.165, 1.54) is 49.0 Å². The van der Waals surface area contributed by atoms with Crippen LogP contribution in [0.1, 0.15) is 55.7 Å². The Morgan fingerprint density at radius 3 is 2.67 bits per heavy atom. The second-order valence-electron chi connectivity index (χ2n) is 7.15. The first-order chi connectivity index (χ1) is 10.0. The molecule has 2 N–H and O–H groups in total. The third-order valence-electron chi connectivity index (χ3n) is 4.82. The average molecular weight is 288 g/mol. The molecule has 1 aliphatic rings. The monoisotopic (exact) mass is 288 g/mol. The summed E-state index contributed by atoms with van der Waals surface area (Å²) in [5.41, 5.74) is 10.4. The minimum Gasteiger partial charge on any atom is -0.330 e. The summed E-state index contributed by atoms with van der Waals surface area (Å²) >= 11 is 0. The van der Waals surface area contributed by atoms with Gasteiger partial charge in [-0.05, 0) is 50.3 Å². The van der Waals surface area contributed by atoms with Crippen molar-refractivity contribution in [1.82, 2.24) is 4.90 Å². The Morgan fingerprint density at radius 1 is 1.24 bits per heavy atom. The van der Waals surface area contributed by atoms with Gasteiger partial charge in [0, 0.05) is 25.0 Å². The van der Waals surface area contributed by atoms with Crippen LogP contribution in [0.25, 0.3) is 0 Å². The largest absolute Gasteiger partial charge is 0.330 e. The van der Waals surface area contributed by atoms with Crippen LogP contribution in [0.4, 0.5) is 0 Å². The van der Waals surface area contributed by atoms with Crippen LogP contribution < -0.4 is 5.73 Å². The zero-order valence-corrected chi connectivity index (χ0v) is 14.2. The molecule has 0 radical (unpaired) electrons. The molecule has 2 nitrogen and oxygen atoms in total. The van der Waals surface area contributed by atoms with E-state index in [0.717, 1.165) is 12.5 Å². The molecule has 0 spiro atoms. The molecule has 0 aromatic heterocycles. The fourth-order valence-corrected chi connectivity index (χ4v) is 3.82. The van der Waals surface area contributed by atoms with E-state index in [9.17, 15) is 0 Å². The molecule has 118 valence electrons. The van der Waals surface area contributed by atoms with Gasteiger partial charge in [0.05, 0.1) is 0 Å². The van der Waals surface area contributed by atoms with Gasteiger partial charge in [0.15, 0.2) is 0 Å². The summed E-state index contributed by atoms with van der Waals surface area (Å²) < 4.78 is 0. The first-order valence-electron chi connectivity index (χ1n) is 8.54. The van der Waals surface area contributed by atoms with Crippen LogP contribution in [-0.4, -0.2) is 30.6 Å². The highest BCUT2D eigenvalue weighted by Crippen LogP contribution is 2.32. The molecule has 1 aromatic carbocycles. The van der Waals surface area contributed by atoms with E-state index in [0.29, 0.717) is 12.0 Å². The lowest BCUT2D eigenvalue weighted by Gasteiger charge is -2.41. The van der Waals surface area contributed by atoms with Crippen LogP contribution in [0.15, 0.2) is 18.2 Å². The van der Waals surface area contributed by atoms with Crippen molar-refractivity contribution in [1.29, 1.82) is 0 Å². The molecule has 1 aliphatic heterocycles. The summed E-state index contributed by atoms with van der Waals surface area (Å²) in [6, 6.07) is 7.43. The van der Waals surface area contributed by atoms with Crippen molar-refractivity contribution < 1.29 is 0 Å². The fraction of sp³-hybridized carbons (Fsp3) is 0.684. The molecule has 21 heavy (non-hydrogen) atoms. The number of benzene rings is 1. The van der Waals surface area contributed by atoms with Crippen LogP contribution in [0.2, 0.25) is 0 Å². The summed E-state index contributed by atoms with van der Waals surface area (Å²) in [5, 5.41) is 0. The van der Waals surface area contributed by atoms with Crippen molar-refractivity contribution in [3.05, 3.63) is 34.9 Å². The Labute approximate surface area is 130 Å². The van der Waals surface area contributed by atoms with Gasteiger partial charge >= 0.3 is 0 Å². The lowest BCUT2D eigenvalue weighted by Crippen LogP contribution is -2.46. The fourth-order valence-electron chi connectivity index (χ4n) is 3.82. The van der Waals surface area contributed by atoms with E-state index >= 15 is 0 Å². The van der Waals surface area contributed by atoms with Crippen molar-refractivity contribution in [2.45, 2.75) is 58.9 Å². The molecule has 1 fully saturated rings. The lowest BCUT2D eigenvalue weighted by molar-refractivity contribution is 0.112. The minimum atomic E-state index is 0.476. The average Bonchev–Trinajstić information content (AvgIpc) is 2.44. The van der Waals surface area contributed by atoms with Crippen molar-refractivity contribution in [2.24, 2.45) is 11.7 Å². The first kappa shape index (κ1) is 16.5. The number of nitrogens with zero attached hydrogens (tertiary/aromatic N) is 1. The van der Waals surface area contributed by atoms with Crippen molar-refractivity contribution >= 4 is 0 Å². The number of aryl methyl sites for hydroxylation is 2. The molecule has 1 aromatic rings. The molecule has 2 rings (SSSR count). The van der Waals surface area contributed by atoms with Crippen LogP contribution in [0.5, 0.6) is 0 Å². The number of likely N-dealkylation sites (tertiary alicyclic amines) is 1. The van der Waals surface area contributed by atoms with Gasteiger partial charge < -0.3 is 5.73 Å². The quantitative estimate of drug-likeness (QED) is 0.891. The molecule has 2 atom stereocenters. The predicted molar refractivity (Wildman–Crippen MR) is 91.8 cm³/mol. The Balaban J connectivity index is 2.27. The van der Waals surface area contributed by atoms with Gasteiger partial charge in [0.2, 0.25) is 0 Å². The molecular formula is C19H32N2. The molecule has 0 aliphatic carbocycles. The van der Waals surface area contributed by atoms with Crippen molar-refractivity contribution in [3.8, 4) is 0 Å². The van der Waals surface area contributed by atoms with Gasteiger partial charge in [-0.15, -0.1) is 0 Å². The maximum atomic E-state index is 6.22. The SMILES string of the molecule is Cc1ccc(C)c(C(CN)C2CCCCN2CC(C)C)c1. The number of rotatable bonds is 5. The van der Waals surface area contributed by atoms with Gasteiger partial charge in [0.1, 0.15) is 0 Å². The Kier molecular flexibility index (Phi) is 5.83. The van der Waals surface area contributed by atoms with E-state index in [1.54, 1.807) is 0 Å². The molecule has 0 bridgehead atoms. The third-order valence-corrected chi connectivity index (χ3v) is 4.82. The van der Waals surface area contributed by atoms with Gasteiger partial charge in [-0.1, -0.05) is 44.0 Å². The van der Waals surface area contributed by atoms with Gasteiger partial charge in [-0.25, -0.2) is 0 Å². The Hall–Kier alpha value is -0.860. The van der Waals surface area contributed by atoms with E-state index in [1.807, 2.05) is 0 Å². The number of hydrogen-bond donors (Lipinski definition) is 1. The number of piperidine rings is 1. The summed E-state index contributed by atoms with van der Waals surface area (Å²) in [5.74, 6) is 1.20. The highest BCUT2D eigenvalue weighted by molar-refractivity contribution is 5.34. The van der Waals surface area contributed by atoms with Gasteiger partial charge in [-0.3, -0.25) is 4.90 Å². The van der Waals surface area contributed by atoms with Gasteiger partial charge in [0.25, 0.3) is 0 Å². The summed E-state index contributed by atoms with van der Waals surface area (Å²) in [4.78, 5) is 2.70. The molecule has 0 saturated carbocycles. The number of nitrogens with two attached hydrogens (primary N) is 1. The standard InChI is InChI=1S/C19H32N2/c1-14(2)13-21-10-6-5-7-19(21)18(12-20)17-11-15(3)8-9-16(17)4/h8-9,11,14,18-19H,5-7,10,12-13,20H2,1-4H3. The summed E-state index contributed by atoms with van der Waals surface area (Å²) in [6.07, 6.45) is 3.98. The molecular weight excluding hydrogens is 256 g/mol. The van der Waals surface area contributed by atoms with E-state index in [2.05, 4.69) is 50.8 Å². The third kappa shape index (κ3) is 4.08. The van der Waals surface area contributed by atoms with Gasteiger partial charge in [-0.2, -0.15) is 0 Å². The van der Waals surface area contributed by atoms with E-state index in [-0.39, 0.29) is 0 Å². The molecule has 2 unspecified atom stereocenters. The van der Waals surface area contributed by atoms with Crippen LogP contribution >= 0.6 is 0 Å². The summed E-state index contributed by atoms with van der Waals surface area (Å²) in [6.45, 7) is 12.2. The second-order valence-corrected chi connectivity index (χ2v) is 7.15. The van der Waals surface area contributed by atoms with Crippen molar-refractivity contribution in [3.63, 3.8) is 0 Å². The Bertz CT molecular complexity index is 453. The minimum absolute atomic E-state index is 0.476. The highest BCUT2D eigenvalue weighted by atomic mass is 15.2. The molecule has 2 heteroatoms. The van der Waals surface area contributed by atoms with Crippen molar-refractivity contribution in [2.75, 3.05) is 19.6 Å². The first-order valence-corrected chi connectivity index (χ1v) is 8.54. The van der Waals surface area contributed by atoms with Crippen LogP contribution in [-0.2, 0) is 0 Å². The highest BCUT2D eigenvalue weighted by Gasteiger charge is 2.31. The maximum absolute atomic E-state index is 6.22. The zero-order chi connectivity index (χ0) is 15.4. The van der Waals surface area contributed by atoms with Crippen LogP contribution in [0.3, 0.4) is 0 Å². The summed E-state index contributed by atoms with van der Waals surface area (Å²) in [7, 11) is 0. The Morgan fingerprint density at radius 2 is 2.00 bits per heavy atom. The zero-order valence-electron chi connectivity index (χ0n) is 14.2. The second kappa shape index (κ2) is 7.42. The molecule has 1 heterocycles. The lowest BCUT2D eigenvalue weighted by atomic mass is 9.82. The molecule has 1 saturated heterocycles. The smallest absolute Gasteiger partial charge is 0.0176 e. The van der Waals surface area contributed by atoms with E-state index in [4.69, 9.17) is 5.73 Å². The predicted octanol–water partition coefficient (Wildman–Crippen LogP) is 3.86.